The van der Waals surface area contributed by atoms with Crippen molar-refractivity contribution in [2.24, 2.45) is 0 Å². The van der Waals surface area contributed by atoms with Crippen LogP contribution in [0.2, 0.25) is 0 Å². The lowest BCUT2D eigenvalue weighted by atomic mass is 10.1. The van der Waals surface area contributed by atoms with E-state index in [-0.39, 0.29) is 13.2 Å². The number of carbonyl (C=O) groups excluding carboxylic acids is 1. The molecule has 6 heteroatoms. The molecule has 0 aliphatic rings. The zero-order chi connectivity index (χ0) is 19.7. The molecule has 0 aliphatic heterocycles. The van der Waals surface area contributed by atoms with Crippen molar-refractivity contribution in [3.05, 3.63) is 77.9 Å². The highest BCUT2D eigenvalue weighted by Gasteiger charge is 2.34. The molecule has 0 aromatic heterocycles. The maximum Gasteiger partial charge on any atom is 0.417 e. The Balaban J connectivity index is 1.88. The zero-order valence-electron chi connectivity index (χ0n) is 14.5. The number of para-hydroxylation sites is 1. The Morgan fingerprint density at radius 3 is 2.56 bits per heavy atom. The van der Waals surface area contributed by atoms with E-state index in [2.05, 4.69) is 23.7 Å². The van der Waals surface area contributed by atoms with E-state index in [0.717, 1.165) is 17.7 Å². The molecular weight excluding hydrogens is 355 g/mol. The Hall–Kier alpha value is -3.20. The summed E-state index contributed by atoms with van der Waals surface area (Å²) in [7, 11) is 0. The van der Waals surface area contributed by atoms with Crippen LogP contribution in [0.15, 0.2) is 61.2 Å². The van der Waals surface area contributed by atoms with Gasteiger partial charge in [-0.1, -0.05) is 48.2 Å². The monoisotopic (exact) mass is 373 g/mol. The van der Waals surface area contributed by atoms with Crippen molar-refractivity contribution < 1.29 is 22.7 Å². The Morgan fingerprint density at radius 1 is 1.11 bits per heavy atom. The minimum Gasteiger partial charge on any atom is -0.481 e. The van der Waals surface area contributed by atoms with Gasteiger partial charge in [-0.3, -0.25) is 4.79 Å². The highest BCUT2D eigenvalue weighted by Crippen LogP contribution is 2.31. The third kappa shape index (κ3) is 5.93. The number of amides is 1. The molecule has 0 aliphatic carbocycles. The van der Waals surface area contributed by atoms with Crippen LogP contribution in [0, 0.1) is 11.8 Å². The molecule has 3 nitrogen and oxygen atoms in total. The van der Waals surface area contributed by atoms with E-state index in [1.54, 1.807) is 6.08 Å². The molecule has 0 atom stereocenters. The predicted molar refractivity (Wildman–Crippen MR) is 97.4 cm³/mol. The second-order valence-corrected chi connectivity index (χ2v) is 5.47. The van der Waals surface area contributed by atoms with Gasteiger partial charge in [0.1, 0.15) is 12.4 Å². The summed E-state index contributed by atoms with van der Waals surface area (Å²) in [6.07, 6.45) is -2.16. The number of benzene rings is 2. The van der Waals surface area contributed by atoms with E-state index in [1.807, 2.05) is 24.3 Å². The summed E-state index contributed by atoms with van der Waals surface area (Å²) in [4.78, 5) is 12.0. The first kappa shape index (κ1) is 20.1. The SMILES string of the molecule is C=CCc1ccccc1OCC#CCNC(=O)c1ccccc1C(F)(F)F. The first-order valence-electron chi connectivity index (χ1n) is 8.15. The number of rotatable bonds is 6. The summed E-state index contributed by atoms with van der Waals surface area (Å²) < 4.78 is 44.3. The smallest absolute Gasteiger partial charge is 0.417 e. The van der Waals surface area contributed by atoms with Crippen LogP contribution in [0.1, 0.15) is 21.5 Å². The molecule has 2 aromatic rings. The quantitative estimate of drug-likeness (QED) is 0.607. The van der Waals surface area contributed by atoms with Crippen molar-refractivity contribution in [3.8, 4) is 17.6 Å². The second-order valence-electron chi connectivity index (χ2n) is 5.47. The number of carbonyl (C=O) groups is 1. The van der Waals surface area contributed by atoms with Crippen LogP contribution >= 0.6 is 0 Å². The van der Waals surface area contributed by atoms with Gasteiger partial charge in [0.2, 0.25) is 0 Å². The van der Waals surface area contributed by atoms with Crippen LogP contribution in [-0.4, -0.2) is 19.1 Å². The third-order valence-electron chi connectivity index (χ3n) is 3.58. The first-order chi connectivity index (χ1) is 12.9. The molecule has 0 saturated heterocycles. The average Bonchev–Trinajstić information content (AvgIpc) is 2.65. The number of alkyl halides is 3. The Kier molecular flexibility index (Phi) is 7.07. The Labute approximate surface area is 155 Å². The number of allylic oxidation sites excluding steroid dienone is 1. The predicted octanol–water partition coefficient (Wildman–Crippen LogP) is 4.25. The van der Waals surface area contributed by atoms with Crippen molar-refractivity contribution in [2.75, 3.05) is 13.2 Å². The van der Waals surface area contributed by atoms with Gasteiger partial charge in [-0.2, -0.15) is 13.2 Å². The molecule has 0 unspecified atom stereocenters. The summed E-state index contributed by atoms with van der Waals surface area (Å²) in [5.74, 6) is 5.24. The van der Waals surface area contributed by atoms with E-state index in [9.17, 15) is 18.0 Å². The zero-order valence-corrected chi connectivity index (χ0v) is 14.5. The molecule has 0 heterocycles. The van der Waals surface area contributed by atoms with Crippen molar-refractivity contribution in [1.82, 2.24) is 5.32 Å². The molecule has 1 N–H and O–H groups in total. The normalized spacial score (nSPS) is 10.5. The first-order valence-corrected chi connectivity index (χ1v) is 8.15. The lowest BCUT2D eigenvalue weighted by molar-refractivity contribution is -0.137. The maximum atomic E-state index is 12.9. The highest BCUT2D eigenvalue weighted by atomic mass is 19.4. The van der Waals surface area contributed by atoms with Gasteiger partial charge >= 0.3 is 6.18 Å². The van der Waals surface area contributed by atoms with E-state index >= 15 is 0 Å². The number of nitrogens with one attached hydrogen (secondary N) is 1. The van der Waals surface area contributed by atoms with Crippen LogP contribution < -0.4 is 10.1 Å². The summed E-state index contributed by atoms with van der Waals surface area (Å²) in [5, 5.41) is 2.36. The topological polar surface area (TPSA) is 38.3 Å². The largest absolute Gasteiger partial charge is 0.481 e. The Bertz CT molecular complexity index is 863. The molecule has 0 bridgehead atoms. The standard InChI is InChI=1S/C21H18F3NO2/c1-2-9-16-10-3-6-13-19(16)27-15-8-7-14-25-20(26)17-11-4-5-12-18(17)21(22,23)24/h2-6,10-13H,1,9,14-15H2,(H,25,26). The molecule has 0 fully saturated rings. The van der Waals surface area contributed by atoms with Gasteiger partial charge in [0.25, 0.3) is 5.91 Å². The number of hydrogen-bond donors (Lipinski definition) is 1. The van der Waals surface area contributed by atoms with E-state index in [4.69, 9.17) is 4.74 Å². The summed E-state index contributed by atoms with van der Waals surface area (Å²) in [5.41, 5.74) is -0.426. The number of ether oxygens (including phenoxy) is 1. The average molecular weight is 373 g/mol. The van der Waals surface area contributed by atoms with Crippen LogP contribution in [-0.2, 0) is 12.6 Å². The van der Waals surface area contributed by atoms with Gasteiger partial charge < -0.3 is 10.1 Å². The fourth-order valence-electron chi connectivity index (χ4n) is 2.34. The van der Waals surface area contributed by atoms with Crippen molar-refractivity contribution in [1.29, 1.82) is 0 Å². The molecule has 1 amide bonds. The van der Waals surface area contributed by atoms with Crippen molar-refractivity contribution >= 4 is 5.91 Å². The molecule has 0 spiro atoms. The van der Waals surface area contributed by atoms with Crippen molar-refractivity contribution in [3.63, 3.8) is 0 Å². The molecule has 27 heavy (non-hydrogen) atoms. The minimum absolute atomic E-state index is 0.0807. The third-order valence-corrected chi connectivity index (χ3v) is 3.58. The van der Waals surface area contributed by atoms with Gasteiger partial charge in [-0.25, -0.2) is 0 Å². The van der Waals surface area contributed by atoms with E-state index < -0.39 is 23.2 Å². The second kappa shape index (κ2) is 9.48. The fraction of sp³-hybridized carbons (Fsp3) is 0.190. The molecular formula is C21H18F3NO2. The van der Waals surface area contributed by atoms with Gasteiger partial charge in [0.15, 0.2) is 0 Å². The molecule has 2 rings (SSSR count). The van der Waals surface area contributed by atoms with Crippen molar-refractivity contribution in [2.45, 2.75) is 12.6 Å². The lowest BCUT2D eigenvalue weighted by Crippen LogP contribution is -2.26. The lowest BCUT2D eigenvalue weighted by Gasteiger charge is -2.11. The fourth-order valence-corrected chi connectivity index (χ4v) is 2.34. The highest BCUT2D eigenvalue weighted by molar-refractivity contribution is 5.96. The molecule has 140 valence electrons. The summed E-state index contributed by atoms with van der Waals surface area (Å²) >= 11 is 0. The molecule has 2 aromatic carbocycles. The van der Waals surface area contributed by atoms with Gasteiger partial charge in [0.05, 0.1) is 17.7 Å². The van der Waals surface area contributed by atoms with E-state index in [1.165, 1.54) is 12.1 Å². The van der Waals surface area contributed by atoms with Gasteiger partial charge in [-0.05, 0) is 30.2 Å². The maximum absolute atomic E-state index is 12.9. The van der Waals surface area contributed by atoms with Crippen LogP contribution in [0.3, 0.4) is 0 Å². The number of hydrogen-bond acceptors (Lipinski definition) is 2. The summed E-state index contributed by atoms with van der Waals surface area (Å²) in [6, 6.07) is 12.1. The van der Waals surface area contributed by atoms with E-state index in [0.29, 0.717) is 12.2 Å². The van der Waals surface area contributed by atoms with Crippen LogP contribution in [0.5, 0.6) is 5.75 Å². The van der Waals surface area contributed by atoms with Crippen LogP contribution in [0.25, 0.3) is 0 Å². The minimum atomic E-state index is -4.59. The Morgan fingerprint density at radius 2 is 1.81 bits per heavy atom. The summed E-state index contributed by atoms with van der Waals surface area (Å²) in [6.45, 7) is 3.71. The van der Waals surface area contributed by atoms with Gasteiger partial charge in [0, 0.05) is 0 Å². The van der Waals surface area contributed by atoms with Crippen LogP contribution in [0.4, 0.5) is 13.2 Å². The molecule has 0 radical (unpaired) electrons. The van der Waals surface area contributed by atoms with Gasteiger partial charge in [-0.15, -0.1) is 6.58 Å². The molecule has 0 saturated carbocycles. The number of halogens is 3.